The zero-order valence-corrected chi connectivity index (χ0v) is 18.6. The van der Waals surface area contributed by atoms with Crippen molar-refractivity contribution in [3.8, 4) is 10.6 Å². The van der Waals surface area contributed by atoms with E-state index in [0.717, 1.165) is 59.2 Å². The van der Waals surface area contributed by atoms with Crippen LogP contribution >= 0.6 is 22.9 Å². The predicted molar refractivity (Wildman–Crippen MR) is 127 cm³/mol. The van der Waals surface area contributed by atoms with E-state index in [0.29, 0.717) is 16.0 Å². The molecular formula is C23H23ClN4OS. The number of aryl methyl sites for hydroxylation is 1. The van der Waals surface area contributed by atoms with E-state index in [1.54, 1.807) is 11.3 Å². The highest BCUT2D eigenvalue weighted by Gasteiger charge is 2.23. The second-order valence-electron chi connectivity index (χ2n) is 7.73. The Bertz CT molecular complexity index is 1270. The van der Waals surface area contributed by atoms with Gasteiger partial charge < -0.3 is 14.4 Å². The fourth-order valence-electron chi connectivity index (χ4n) is 4.18. The maximum atomic E-state index is 13.8. The molecule has 1 aliphatic heterocycles. The minimum atomic E-state index is 0.00480. The largest absolute Gasteiger partial charge is 0.367 e. The molecule has 0 spiro atoms. The molecular weight excluding hydrogens is 416 g/mol. The maximum Gasteiger partial charge on any atom is 0.201 e. The van der Waals surface area contributed by atoms with Crippen LogP contribution < -0.4 is 10.3 Å². The Balaban J connectivity index is 1.78. The zero-order chi connectivity index (χ0) is 20.8. The second kappa shape index (κ2) is 7.69. The summed E-state index contributed by atoms with van der Waals surface area (Å²) >= 11 is 8.25. The summed E-state index contributed by atoms with van der Waals surface area (Å²) in [5.74, 6) is 0. The maximum absolute atomic E-state index is 13.8. The van der Waals surface area contributed by atoms with Gasteiger partial charge in [0.2, 0.25) is 5.43 Å². The molecule has 7 heteroatoms. The summed E-state index contributed by atoms with van der Waals surface area (Å²) in [5.41, 5.74) is 3.35. The van der Waals surface area contributed by atoms with Gasteiger partial charge in [-0.25, -0.2) is 4.98 Å². The lowest BCUT2D eigenvalue weighted by molar-refractivity contribution is 0.313. The van der Waals surface area contributed by atoms with Gasteiger partial charge in [0.15, 0.2) is 0 Å². The first-order valence-electron chi connectivity index (χ1n) is 10.2. The van der Waals surface area contributed by atoms with Gasteiger partial charge in [0.05, 0.1) is 37.4 Å². The van der Waals surface area contributed by atoms with E-state index in [-0.39, 0.29) is 5.43 Å². The molecule has 2 aromatic carbocycles. The summed E-state index contributed by atoms with van der Waals surface area (Å²) in [4.78, 5) is 23.1. The van der Waals surface area contributed by atoms with Crippen LogP contribution in [0.2, 0.25) is 5.02 Å². The molecule has 0 unspecified atom stereocenters. The topological polar surface area (TPSA) is 41.4 Å². The Labute approximate surface area is 184 Å². The van der Waals surface area contributed by atoms with E-state index < -0.39 is 0 Å². The van der Waals surface area contributed by atoms with Gasteiger partial charge in [-0.15, -0.1) is 11.3 Å². The molecule has 30 heavy (non-hydrogen) atoms. The first-order valence-corrected chi connectivity index (χ1v) is 11.4. The molecule has 0 amide bonds. The van der Waals surface area contributed by atoms with Crippen LogP contribution in [0.1, 0.15) is 6.92 Å². The minimum Gasteiger partial charge on any atom is -0.367 e. The van der Waals surface area contributed by atoms with E-state index in [9.17, 15) is 4.79 Å². The van der Waals surface area contributed by atoms with Gasteiger partial charge in [0, 0.05) is 38.9 Å². The first kappa shape index (κ1) is 19.5. The van der Waals surface area contributed by atoms with Gasteiger partial charge in [-0.05, 0) is 38.2 Å². The van der Waals surface area contributed by atoms with Crippen molar-refractivity contribution in [2.45, 2.75) is 13.5 Å². The number of nitrogens with zero attached hydrogens (tertiary/aromatic N) is 4. The van der Waals surface area contributed by atoms with Crippen molar-refractivity contribution in [1.29, 1.82) is 0 Å². The number of thiazole rings is 1. The van der Waals surface area contributed by atoms with E-state index in [1.165, 1.54) is 0 Å². The monoisotopic (exact) mass is 438 g/mol. The first-order chi connectivity index (χ1) is 14.6. The second-order valence-corrected chi connectivity index (χ2v) is 9.16. The number of aromatic nitrogens is 2. The Hall–Kier alpha value is -2.41. The third-order valence-electron chi connectivity index (χ3n) is 5.86. The summed E-state index contributed by atoms with van der Waals surface area (Å²) in [6, 6.07) is 11.9. The molecule has 0 aliphatic carbocycles. The zero-order valence-electron chi connectivity index (χ0n) is 17.1. The van der Waals surface area contributed by atoms with Gasteiger partial charge in [0.1, 0.15) is 5.01 Å². The average Bonchev–Trinajstić information content (AvgIpc) is 3.19. The lowest BCUT2D eigenvalue weighted by Crippen LogP contribution is -2.45. The smallest absolute Gasteiger partial charge is 0.201 e. The number of pyridine rings is 1. The van der Waals surface area contributed by atoms with Gasteiger partial charge in [-0.2, -0.15) is 0 Å². The molecule has 1 fully saturated rings. The fraction of sp³-hybridized carbons (Fsp3) is 0.304. The third kappa shape index (κ3) is 3.20. The number of fused-ring (bicyclic) bond motifs is 2. The Morgan fingerprint density at radius 1 is 1.10 bits per heavy atom. The standard InChI is InChI=1S/C23H23ClN4OS/c1-3-27-14-15(23-25-17-6-4-5-7-19(17)30-23)22(29)20-18(27)9-8-16(24)21(20)28-12-10-26(2)11-13-28/h4-9,14H,3,10-13H2,1-2H3. The molecule has 0 atom stereocenters. The van der Waals surface area contributed by atoms with Crippen molar-refractivity contribution in [1.82, 2.24) is 14.5 Å². The van der Waals surface area contributed by atoms with Crippen LogP contribution in [0.5, 0.6) is 0 Å². The molecule has 4 aromatic rings. The van der Waals surface area contributed by atoms with Crippen LogP contribution in [-0.4, -0.2) is 47.7 Å². The molecule has 5 rings (SSSR count). The number of hydrogen-bond donors (Lipinski definition) is 0. The molecule has 5 nitrogen and oxygen atoms in total. The normalized spacial score (nSPS) is 15.4. The molecule has 154 valence electrons. The fourth-order valence-corrected chi connectivity index (χ4v) is 5.43. The van der Waals surface area contributed by atoms with Crippen LogP contribution in [0.3, 0.4) is 0 Å². The van der Waals surface area contributed by atoms with Crippen molar-refractivity contribution in [3.05, 3.63) is 57.8 Å². The molecule has 0 N–H and O–H groups in total. The molecule has 0 radical (unpaired) electrons. The molecule has 0 saturated carbocycles. The predicted octanol–water partition coefficient (Wildman–Crippen LogP) is 4.70. The number of para-hydroxylation sites is 1. The lowest BCUT2D eigenvalue weighted by Gasteiger charge is -2.35. The van der Waals surface area contributed by atoms with E-state index in [2.05, 4.69) is 28.3 Å². The van der Waals surface area contributed by atoms with Crippen LogP contribution in [0.15, 0.2) is 47.4 Å². The Morgan fingerprint density at radius 2 is 1.87 bits per heavy atom. The SMILES string of the molecule is CCn1cc(-c2nc3ccccc3s2)c(=O)c2c(N3CCN(C)CC3)c(Cl)ccc21. The highest BCUT2D eigenvalue weighted by Crippen LogP contribution is 2.36. The van der Waals surface area contributed by atoms with Crippen molar-refractivity contribution in [3.63, 3.8) is 0 Å². The minimum absolute atomic E-state index is 0.00480. The van der Waals surface area contributed by atoms with Crippen molar-refractivity contribution >= 4 is 49.7 Å². The summed E-state index contributed by atoms with van der Waals surface area (Å²) in [5, 5.41) is 2.09. The number of halogens is 1. The van der Waals surface area contributed by atoms with Crippen LogP contribution in [-0.2, 0) is 6.54 Å². The molecule has 1 aliphatic rings. The quantitative estimate of drug-likeness (QED) is 0.464. The van der Waals surface area contributed by atoms with E-state index in [1.807, 2.05) is 42.6 Å². The molecule has 1 saturated heterocycles. The van der Waals surface area contributed by atoms with E-state index in [4.69, 9.17) is 16.6 Å². The van der Waals surface area contributed by atoms with Crippen LogP contribution in [0.25, 0.3) is 31.7 Å². The van der Waals surface area contributed by atoms with Crippen molar-refractivity contribution < 1.29 is 0 Å². The van der Waals surface area contributed by atoms with E-state index >= 15 is 0 Å². The average molecular weight is 439 g/mol. The molecule has 2 aromatic heterocycles. The Kier molecular flexibility index (Phi) is 5.01. The summed E-state index contributed by atoms with van der Waals surface area (Å²) in [6.45, 7) is 6.46. The van der Waals surface area contributed by atoms with Gasteiger partial charge in [-0.1, -0.05) is 23.7 Å². The number of benzene rings is 2. The molecule has 3 heterocycles. The molecule has 0 bridgehead atoms. The summed E-state index contributed by atoms with van der Waals surface area (Å²) in [7, 11) is 2.12. The van der Waals surface area contributed by atoms with Crippen LogP contribution in [0.4, 0.5) is 5.69 Å². The highest BCUT2D eigenvalue weighted by molar-refractivity contribution is 7.21. The highest BCUT2D eigenvalue weighted by atomic mass is 35.5. The number of rotatable bonds is 3. The lowest BCUT2D eigenvalue weighted by atomic mass is 10.1. The van der Waals surface area contributed by atoms with Gasteiger partial charge in [-0.3, -0.25) is 4.79 Å². The van der Waals surface area contributed by atoms with Gasteiger partial charge >= 0.3 is 0 Å². The summed E-state index contributed by atoms with van der Waals surface area (Å²) < 4.78 is 3.22. The summed E-state index contributed by atoms with van der Waals surface area (Å²) in [6.07, 6.45) is 1.95. The van der Waals surface area contributed by atoms with Crippen LogP contribution in [0, 0.1) is 0 Å². The van der Waals surface area contributed by atoms with Crippen molar-refractivity contribution in [2.24, 2.45) is 0 Å². The number of likely N-dealkylation sites (N-methyl/N-ethyl adjacent to an activating group) is 1. The van der Waals surface area contributed by atoms with Gasteiger partial charge in [0.25, 0.3) is 0 Å². The third-order valence-corrected chi connectivity index (χ3v) is 7.23. The number of anilines is 1. The number of piperazine rings is 1. The number of hydrogen-bond acceptors (Lipinski definition) is 5. The Morgan fingerprint density at radius 3 is 2.60 bits per heavy atom. The van der Waals surface area contributed by atoms with Crippen molar-refractivity contribution in [2.75, 3.05) is 38.1 Å².